The standard InChI is InChI=1S/C33H18N8.C2H6.CH4/c1-2-10-19-18(9-1)26-34-27(19)37-31-24-15-7-8-16-25(24)33-39-29-21-12-4-3-11-20(21)28(35-29)38-32-23-14-6-5-13-22(23)30(36-26)40(32)17-41(31)33;1-2;/h1-16H,17H2;1-2H3;1H4. The number of hydrogen-bond donors (Lipinski definition) is 0. The summed E-state index contributed by atoms with van der Waals surface area (Å²) < 4.78 is 4.31. The molecule has 0 amide bonds. The van der Waals surface area contributed by atoms with Gasteiger partial charge < -0.3 is 0 Å². The minimum absolute atomic E-state index is 0. The van der Waals surface area contributed by atoms with E-state index in [1.807, 2.05) is 62.4 Å². The van der Waals surface area contributed by atoms with Crippen LogP contribution >= 0.6 is 0 Å². The second-order valence-electron chi connectivity index (χ2n) is 10.4. The summed E-state index contributed by atoms with van der Waals surface area (Å²) in [7, 11) is 0. The van der Waals surface area contributed by atoms with Crippen LogP contribution in [0.1, 0.15) is 43.5 Å². The van der Waals surface area contributed by atoms with Crippen molar-refractivity contribution in [3.63, 3.8) is 0 Å². The molecule has 8 heteroatoms. The van der Waals surface area contributed by atoms with Gasteiger partial charge in [0.1, 0.15) is 29.3 Å². The second-order valence-corrected chi connectivity index (χ2v) is 10.4. The maximum atomic E-state index is 5.22. The summed E-state index contributed by atoms with van der Waals surface area (Å²) in [6.07, 6.45) is 0. The van der Waals surface area contributed by atoms with E-state index in [-0.39, 0.29) is 7.43 Å². The van der Waals surface area contributed by atoms with Gasteiger partial charge >= 0.3 is 0 Å². The average molecular weight is 573 g/mol. The minimum Gasteiger partial charge on any atom is -0.291 e. The van der Waals surface area contributed by atoms with Crippen LogP contribution in [0.5, 0.6) is 0 Å². The van der Waals surface area contributed by atoms with Crippen molar-refractivity contribution < 1.29 is 0 Å². The molecule has 0 saturated heterocycles. The summed E-state index contributed by atoms with van der Waals surface area (Å²) in [5, 5.41) is 4.02. The van der Waals surface area contributed by atoms with E-state index in [0.29, 0.717) is 30.0 Å². The van der Waals surface area contributed by atoms with Crippen molar-refractivity contribution in [3.05, 3.63) is 130 Å². The van der Waals surface area contributed by atoms with Gasteiger partial charge in [0.15, 0.2) is 23.3 Å². The lowest BCUT2D eigenvalue weighted by molar-refractivity contribution is 0.584. The second kappa shape index (κ2) is 9.64. The molecular weight excluding hydrogens is 544 g/mol. The van der Waals surface area contributed by atoms with Crippen LogP contribution in [-0.4, -0.2) is 32.5 Å². The van der Waals surface area contributed by atoms with Gasteiger partial charge in [-0.05, 0) is 0 Å². The first-order valence-corrected chi connectivity index (χ1v) is 14.5. The minimum atomic E-state index is 0. The Morgan fingerprint density at radius 3 is 1.16 bits per heavy atom. The molecule has 4 aliphatic heterocycles. The van der Waals surface area contributed by atoms with Crippen molar-refractivity contribution in [2.45, 2.75) is 27.9 Å². The van der Waals surface area contributed by atoms with Gasteiger partial charge in [0.05, 0.1) is 0 Å². The number of fused-ring (bicyclic) bond motifs is 14. The van der Waals surface area contributed by atoms with Gasteiger partial charge in [-0.25, -0.2) is 30.0 Å². The van der Waals surface area contributed by atoms with Gasteiger partial charge in [-0.3, -0.25) is 9.13 Å². The molecule has 0 radical (unpaired) electrons. The van der Waals surface area contributed by atoms with Crippen LogP contribution in [0.2, 0.25) is 0 Å². The van der Waals surface area contributed by atoms with E-state index in [0.717, 1.165) is 66.4 Å². The predicted molar refractivity (Wildman–Crippen MR) is 178 cm³/mol. The lowest BCUT2D eigenvalue weighted by Gasteiger charge is -2.12. The zero-order valence-corrected chi connectivity index (χ0v) is 23.5. The predicted octanol–water partition coefficient (Wildman–Crippen LogP) is 6.71. The Kier molecular flexibility index (Phi) is 5.68. The average Bonchev–Trinajstić information content (AvgIpc) is 3.76. The van der Waals surface area contributed by atoms with Gasteiger partial charge in [-0.2, -0.15) is 0 Å². The van der Waals surface area contributed by atoms with Gasteiger partial charge in [0.2, 0.25) is 0 Å². The van der Waals surface area contributed by atoms with Crippen molar-refractivity contribution in [3.8, 4) is 0 Å². The Balaban J connectivity index is 0.000000946. The van der Waals surface area contributed by atoms with E-state index >= 15 is 0 Å². The third-order valence-corrected chi connectivity index (χ3v) is 8.21. The molecule has 4 aliphatic rings. The largest absolute Gasteiger partial charge is 0.291 e. The number of aromatic nitrogens is 2. The smallest absolute Gasteiger partial charge is 0.164 e. The highest BCUT2D eigenvalue weighted by Gasteiger charge is 2.29. The fourth-order valence-electron chi connectivity index (χ4n) is 6.35. The molecule has 2 aromatic heterocycles. The molecule has 0 atom stereocenters. The summed E-state index contributed by atoms with van der Waals surface area (Å²) >= 11 is 0. The first-order valence-electron chi connectivity index (χ1n) is 14.5. The quantitative estimate of drug-likeness (QED) is 0.194. The van der Waals surface area contributed by atoms with Crippen molar-refractivity contribution in [1.82, 2.24) is 9.13 Å². The molecule has 0 saturated carbocycles. The van der Waals surface area contributed by atoms with Crippen LogP contribution in [0.4, 0.5) is 11.6 Å². The molecule has 0 unspecified atom stereocenters. The molecule has 6 aromatic rings. The molecule has 10 rings (SSSR count). The number of nitrogens with zero attached hydrogens (tertiary/aromatic N) is 8. The maximum Gasteiger partial charge on any atom is 0.164 e. The molecule has 6 heterocycles. The Labute approximate surface area is 253 Å². The monoisotopic (exact) mass is 572 g/mol. The highest BCUT2D eigenvalue weighted by Crippen LogP contribution is 2.40. The van der Waals surface area contributed by atoms with E-state index in [1.54, 1.807) is 0 Å². The summed E-state index contributed by atoms with van der Waals surface area (Å²) in [4.78, 5) is 30.9. The Bertz CT molecular complexity index is 2280. The van der Waals surface area contributed by atoms with E-state index in [4.69, 9.17) is 30.0 Å². The van der Waals surface area contributed by atoms with Crippen LogP contribution in [0.15, 0.2) is 127 Å². The summed E-state index contributed by atoms with van der Waals surface area (Å²) in [5.74, 6) is 4.18. The molecular formula is C36H28N8. The summed E-state index contributed by atoms with van der Waals surface area (Å²) in [6, 6.07) is 32.9. The number of benzene rings is 4. The highest BCUT2D eigenvalue weighted by molar-refractivity contribution is 6.25. The zero-order chi connectivity index (χ0) is 28.7. The molecule has 0 N–H and O–H groups in total. The molecule has 0 spiro atoms. The molecule has 0 aliphatic carbocycles. The van der Waals surface area contributed by atoms with Crippen molar-refractivity contribution in [2.24, 2.45) is 30.0 Å². The Morgan fingerprint density at radius 1 is 0.409 bits per heavy atom. The van der Waals surface area contributed by atoms with Gasteiger partial charge in [0, 0.05) is 43.8 Å². The van der Waals surface area contributed by atoms with Crippen LogP contribution in [0.3, 0.4) is 0 Å². The fourth-order valence-corrected chi connectivity index (χ4v) is 6.35. The van der Waals surface area contributed by atoms with Crippen LogP contribution in [0, 0.1) is 0 Å². The SMILES string of the molecule is C.CC.c1ccc2c(c1)C1=NC2=Nc2c3ccccc3c3n2Cn2c(c4ccccc4c2=NC2=NC(=N3)c3ccccc32)=N1. The third kappa shape index (κ3) is 3.45. The Morgan fingerprint density at radius 2 is 0.750 bits per heavy atom. The summed E-state index contributed by atoms with van der Waals surface area (Å²) in [5.41, 5.74) is 5.45. The van der Waals surface area contributed by atoms with E-state index < -0.39 is 0 Å². The van der Waals surface area contributed by atoms with E-state index in [1.165, 1.54) is 0 Å². The van der Waals surface area contributed by atoms with E-state index in [2.05, 4.69) is 57.7 Å². The molecule has 0 fully saturated rings. The third-order valence-electron chi connectivity index (χ3n) is 8.21. The molecule has 8 nitrogen and oxygen atoms in total. The van der Waals surface area contributed by atoms with Crippen molar-refractivity contribution in [1.29, 1.82) is 0 Å². The topological polar surface area (TPSA) is 84.0 Å². The fraction of sp³-hybridized carbons (Fsp3) is 0.111. The molecule has 44 heavy (non-hydrogen) atoms. The van der Waals surface area contributed by atoms with Gasteiger partial charge in [-0.15, -0.1) is 0 Å². The van der Waals surface area contributed by atoms with E-state index in [9.17, 15) is 0 Å². The normalized spacial score (nSPS) is 14.8. The van der Waals surface area contributed by atoms with Crippen LogP contribution < -0.4 is 11.0 Å². The molecule has 6 bridgehead atoms. The first kappa shape index (κ1) is 25.9. The molecule has 4 aromatic carbocycles. The zero-order valence-electron chi connectivity index (χ0n) is 23.5. The number of hydrogen-bond acceptors (Lipinski definition) is 6. The summed E-state index contributed by atoms with van der Waals surface area (Å²) in [6.45, 7) is 4.42. The van der Waals surface area contributed by atoms with Gasteiger partial charge in [0.25, 0.3) is 0 Å². The van der Waals surface area contributed by atoms with Crippen LogP contribution in [-0.2, 0) is 6.67 Å². The maximum absolute atomic E-state index is 5.22. The lowest BCUT2D eigenvalue weighted by atomic mass is 10.1. The number of amidine groups is 4. The van der Waals surface area contributed by atoms with Gasteiger partial charge in [-0.1, -0.05) is 118 Å². The highest BCUT2D eigenvalue weighted by atomic mass is 15.3. The van der Waals surface area contributed by atoms with Crippen molar-refractivity contribution in [2.75, 3.05) is 0 Å². The van der Waals surface area contributed by atoms with Crippen LogP contribution in [0.25, 0.3) is 21.5 Å². The first-order chi connectivity index (χ1) is 21.3. The number of rotatable bonds is 0. The lowest BCUT2D eigenvalue weighted by Crippen LogP contribution is -2.32. The van der Waals surface area contributed by atoms with Crippen molar-refractivity contribution >= 4 is 56.5 Å². The number of aliphatic imine (C=N–C) groups is 4. The Hall–Kier alpha value is -5.76. The molecule has 212 valence electrons.